The Morgan fingerprint density at radius 3 is 2.29 bits per heavy atom. The molecule has 84 valence electrons. The first-order valence-electron chi connectivity index (χ1n) is 4.24. The number of hydrogen-bond acceptors (Lipinski definition) is 2. The molecule has 0 aromatic heterocycles. The molecule has 0 spiro atoms. The molecule has 0 fully saturated rings. The highest BCUT2D eigenvalue weighted by Gasteiger charge is 2.19. The van der Waals surface area contributed by atoms with Gasteiger partial charge in [-0.2, -0.15) is 0 Å². The van der Waals surface area contributed by atoms with Crippen molar-refractivity contribution in [2.45, 2.75) is 38.8 Å². The summed E-state index contributed by atoms with van der Waals surface area (Å²) in [6.45, 7) is 4.82. The first-order valence-corrected chi connectivity index (χ1v) is 4.24. The second-order valence-corrected chi connectivity index (χ2v) is 3.99. The molecule has 1 unspecified atom stereocenters. The molecule has 0 aliphatic heterocycles. The van der Waals surface area contributed by atoms with E-state index < -0.39 is 30.6 Å². The minimum atomic E-state index is -2.84. The smallest absolute Gasteiger partial charge is 0.315 e. The van der Waals surface area contributed by atoms with Gasteiger partial charge in [0.1, 0.15) is 6.10 Å². The van der Waals surface area contributed by atoms with Crippen molar-refractivity contribution in [3.05, 3.63) is 0 Å². The molecule has 0 rings (SSSR count). The van der Waals surface area contributed by atoms with Crippen LogP contribution >= 0.6 is 0 Å². The zero-order valence-electron chi connectivity index (χ0n) is 8.47. The number of nitrogens with one attached hydrogen (secondary N) is 2. The highest BCUT2D eigenvalue weighted by molar-refractivity contribution is 5.74. The van der Waals surface area contributed by atoms with Gasteiger partial charge in [-0.1, -0.05) is 0 Å². The molecule has 2 amide bonds. The monoisotopic (exact) mass is 210 g/mol. The lowest BCUT2D eigenvalue weighted by atomic mass is 10.1. The Labute approximate surface area is 81.7 Å². The average molecular weight is 210 g/mol. The lowest BCUT2D eigenvalue weighted by Gasteiger charge is -2.21. The highest BCUT2D eigenvalue weighted by atomic mass is 19.3. The van der Waals surface area contributed by atoms with Gasteiger partial charge in [-0.05, 0) is 20.8 Å². The largest absolute Gasteiger partial charge is 0.385 e. The van der Waals surface area contributed by atoms with Gasteiger partial charge in [-0.3, -0.25) is 0 Å². The summed E-state index contributed by atoms with van der Waals surface area (Å²) in [7, 11) is 0. The van der Waals surface area contributed by atoms with E-state index in [9.17, 15) is 13.6 Å². The van der Waals surface area contributed by atoms with Crippen LogP contribution in [0.3, 0.4) is 0 Å². The van der Waals surface area contributed by atoms with Crippen LogP contribution < -0.4 is 10.6 Å². The number of amides is 2. The third-order valence-electron chi connectivity index (χ3n) is 1.25. The molecule has 0 heterocycles. The van der Waals surface area contributed by atoms with Gasteiger partial charge in [-0.25, -0.2) is 13.6 Å². The second-order valence-electron chi connectivity index (χ2n) is 3.99. The Morgan fingerprint density at radius 1 is 1.43 bits per heavy atom. The molecule has 0 aliphatic carbocycles. The van der Waals surface area contributed by atoms with Crippen molar-refractivity contribution in [3.8, 4) is 0 Å². The van der Waals surface area contributed by atoms with Crippen molar-refractivity contribution in [3.63, 3.8) is 0 Å². The van der Waals surface area contributed by atoms with Crippen LogP contribution in [-0.4, -0.2) is 35.8 Å². The number of carbonyl (C=O) groups excluding carboxylic acids is 1. The average Bonchev–Trinajstić information content (AvgIpc) is 1.96. The zero-order valence-corrected chi connectivity index (χ0v) is 8.47. The summed E-state index contributed by atoms with van der Waals surface area (Å²) in [5.41, 5.74) is -0.431. The molecule has 0 saturated carbocycles. The number of aliphatic hydroxyl groups excluding tert-OH is 1. The summed E-state index contributed by atoms with van der Waals surface area (Å²) < 4.78 is 23.6. The fourth-order valence-corrected chi connectivity index (χ4v) is 0.671. The summed E-state index contributed by atoms with van der Waals surface area (Å²) in [4.78, 5) is 11.0. The van der Waals surface area contributed by atoms with E-state index >= 15 is 0 Å². The van der Waals surface area contributed by atoms with E-state index in [1.807, 2.05) is 0 Å². The van der Waals surface area contributed by atoms with Crippen LogP contribution in [0.5, 0.6) is 0 Å². The van der Waals surface area contributed by atoms with Gasteiger partial charge in [0.25, 0.3) is 6.43 Å². The van der Waals surface area contributed by atoms with E-state index in [1.165, 1.54) is 0 Å². The van der Waals surface area contributed by atoms with Crippen LogP contribution in [0.15, 0.2) is 0 Å². The topological polar surface area (TPSA) is 61.4 Å². The fourth-order valence-electron chi connectivity index (χ4n) is 0.671. The standard InChI is InChI=1S/C8H16F2N2O2/c1-8(2,3)12-7(14)11-4-5(13)6(9)10/h5-6,13H,4H2,1-3H3,(H2,11,12,14). The van der Waals surface area contributed by atoms with Crippen LogP contribution in [0, 0.1) is 0 Å². The van der Waals surface area contributed by atoms with Crippen LogP contribution in [0.4, 0.5) is 13.6 Å². The number of urea groups is 1. The molecule has 0 saturated heterocycles. The van der Waals surface area contributed by atoms with Crippen molar-refractivity contribution in [1.29, 1.82) is 0 Å². The number of halogens is 2. The van der Waals surface area contributed by atoms with Crippen LogP contribution in [0.1, 0.15) is 20.8 Å². The SMILES string of the molecule is CC(C)(C)NC(=O)NCC(O)C(F)F. The van der Waals surface area contributed by atoms with Gasteiger partial charge in [0.05, 0.1) is 6.54 Å². The Morgan fingerprint density at radius 2 is 1.93 bits per heavy atom. The van der Waals surface area contributed by atoms with Crippen molar-refractivity contribution < 1.29 is 18.7 Å². The fraction of sp³-hybridized carbons (Fsp3) is 0.875. The molecule has 4 nitrogen and oxygen atoms in total. The minimum absolute atomic E-state index is 0.431. The predicted molar refractivity (Wildman–Crippen MR) is 48.3 cm³/mol. The quantitative estimate of drug-likeness (QED) is 0.642. The number of rotatable bonds is 3. The van der Waals surface area contributed by atoms with E-state index in [-0.39, 0.29) is 0 Å². The van der Waals surface area contributed by atoms with Gasteiger partial charge in [-0.15, -0.1) is 0 Å². The van der Waals surface area contributed by atoms with Gasteiger partial charge in [0.2, 0.25) is 0 Å². The lowest BCUT2D eigenvalue weighted by molar-refractivity contribution is -0.00182. The van der Waals surface area contributed by atoms with Gasteiger partial charge in [0, 0.05) is 5.54 Å². The summed E-state index contributed by atoms with van der Waals surface area (Å²) >= 11 is 0. The number of carbonyl (C=O) groups is 1. The molecule has 6 heteroatoms. The Bertz CT molecular complexity index is 192. The van der Waals surface area contributed by atoms with E-state index in [0.717, 1.165) is 0 Å². The molecule has 14 heavy (non-hydrogen) atoms. The van der Waals surface area contributed by atoms with Crippen LogP contribution in [0.2, 0.25) is 0 Å². The van der Waals surface area contributed by atoms with E-state index in [1.54, 1.807) is 20.8 Å². The molecule has 0 aromatic carbocycles. The van der Waals surface area contributed by atoms with Crippen molar-refractivity contribution in [2.24, 2.45) is 0 Å². The number of hydrogen-bond donors (Lipinski definition) is 3. The maximum Gasteiger partial charge on any atom is 0.315 e. The molecule has 3 N–H and O–H groups in total. The number of alkyl halides is 2. The third kappa shape index (κ3) is 6.59. The van der Waals surface area contributed by atoms with Gasteiger partial charge >= 0.3 is 6.03 Å². The van der Waals surface area contributed by atoms with E-state index in [2.05, 4.69) is 10.6 Å². The molecular weight excluding hydrogens is 194 g/mol. The summed E-state index contributed by atoms with van der Waals surface area (Å²) in [6, 6.07) is -0.572. The minimum Gasteiger partial charge on any atom is -0.385 e. The first-order chi connectivity index (χ1) is 6.22. The molecule has 0 aromatic rings. The van der Waals surface area contributed by atoms with E-state index in [4.69, 9.17) is 5.11 Å². The molecule has 0 bridgehead atoms. The van der Waals surface area contributed by atoms with E-state index in [0.29, 0.717) is 0 Å². The molecule has 0 aliphatic rings. The normalized spacial score (nSPS) is 13.9. The summed E-state index contributed by atoms with van der Waals surface area (Å²) in [6.07, 6.45) is -4.66. The highest BCUT2D eigenvalue weighted by Crippen LogP contribution is 2.00. The maximum atomic E-state index is 11.8. The van der Waals surface area contributed by atoms with Crippen LogP contribution in [0.25, 0.3) is 0 Å². The van der Waals surface area contributed by atoms with Crippen molar-refractivity contribution >= 4 is 6.03 Å². The second kappa shape index (κ2) is 5.09. The summed E-state index contributed by atoms with van der Waals surface area (Å²) in [5, 5.41) is 13.3. The molecular formula is C8H16F2N2O2. The van der Waals surface area contributed by atoms with Crippen molar-refractivity contribution in [2.75, 3.05) is 6.54 Å². The summed E-state index contributed by atoms with van der Waals surface area (Å²) in [5.74, 6) is 0. The number of aliphatic hydroxyl groups is 1. The Hall–Kier alpha value is -0.910. The zero-order chi connectivity index (χ0) is 11.4. The Kier molecular flexibility index (Phi) is 4.76. The van der Waals surface area contributed by atoms with Crippen molar-refractivity contribution in [1.82, 2.24) is 10.6 Å². The van der Waals surface area contributed by atoms with Crippen LogP contribution in [-0.2, 0) is 0 Å². The molecule has 1 atom stereocenters. The third-order valence-corrected chi connectivity index (χ3v) is 1.25. The molecule has 0 radical (unpaired) electrons. The lowest BCUT2D eigenvalue weighted by Crippen LogP contribution is -2.48. The van der Waals surface area contributed by atoms with Gasteiger partial charge in [0.15, 0.2) is 0 Å². The van der Waals surface area contributed by atoms with Gasteiger partial charge < -0.3 is 15.7 Å². The Balaban J connectivity index is 3.75. The maximum absolute atomic E-state index is 11.8. The predicted octanol–water partition coefficient (Wildman–Crippen LogP) is 0.710. The first kappa shape index (κ1) is 13.1.